The van der Waals surface area contributed by atoms with Gasteiger partial charge in [0.15, 0.2) is 0 Å². The monoisotopic (exact) mass is 300 g/mol. The molecule has 7 nitrogen and oxygen atoms in total. The molecule has 1 saturated heterocycles. The topological polar surface area (TPSA) is 104 Å². The van der Waals surface area contributed by atoms with Crippen molar-refractivity contribution in [1.82, 2.24) is 20.6 Å². The molecule has 0 bridgehead atoms. The molecule has 22 heavy (non-hydrogen) atoms. The summed E-state index contributed by atoms with van der Waals surface area (Å²) in [6, 6.07) is 4.56. The van der Waals surface area contributed by atoms with Crippen molar-refractivity contribution in [3.63, 3.8) is 0 Å². The zero-order valence-corrected chi connectivity index (χ0v) is 12.1. The Labute approximate surface area is 126 Å². The first-order valence-corrected chi connectivity index (χ1v) is 7.14. The third-order valence-corrected chi connectivity index (χ3v) is 3.66. The van der Waals surface area contributed by atoms with Crippen molar-refractivity contribution in [2.24, 2.45) is 0 Å². The number of rotatable bonds is 2. The molecule has 0 radical (unpaired) electrons. The largest absolute Gasteiger partial charge is 0.342 e. The minimum Gasteiger partial charge on any atom is -0.342 e. The summed E-state index contributed by atoms with van der Waals surface area (Å²) in [5.74, 6) is -0.410. The maximum atomic E-state index is 12.4. The van der Waals surface area contributed by atoms with E-state index in [9.17, 15) is 14.4 Å². The molecule has 1 aliphatic heterocycles. The van der Waals surface area contributed by atoms with Crippen LogP contribution >= 0.6 is 0 Å². The van der Waals surface area contributed by atoms with Gasteiger partial charge in [-0.15, -0.1) is 0 Å². The number of aryl methyl sites for hydroxylation is 1. The molecular weight excluding hydrogens is 284 g/mol. The summed E-state index contributed by atoms with van der Waals surface area (Å²) in [5.41, 5.74) is 1.75. The van der Waals surface area contributed by atoms with E-state index in [1.807, 2.05) is 13.0 Å². The van der Waals surface area contributed by atoms with E-state index in [1.165, 1.54) is 0 Å². The zero-order chi connectivity index (χ0) is 15.7. The number of aromatic nitrogens is 2. The summed E-state index contributed by atoms with van der Waals surface area (Å²) in [6.45, 7) is 1.81. The number of hydrogen-bond donors (Lipinski definition) is 3. The van der Waals surface area contributed by atoms with Gasteiger partial charge in [0, 0.05) is 6.42 Å². The maximum absolute atomic E-state index is 12.4. The van der Waals surface area contributed by atoms with E-state index < -0.39 is 11.9 Å². The fraction of sp³-hybridized carbons (Fsp3) is 0.333. The number of nitrogens with one attached hydrogen (secondary N) is 3. The molecule has 1 unspecified atom stereocenters. The molecular formula is C15H16N4O3. The van der Waals surface area contributed by atoms with Crippen molar-refractivity contribution in [3.05, 3.63) is 29.6 Å². The molecule has 0 spiro atoms. The van der Waals surface area contributed by atoms with E-state index in [4.69, 9.17) is 0 Å². The van der Waals surface area contributed by atoms with E-state index in [2.05, 4.69) is 20.6 Å². The molecule has 3 amide bonds. The number of carbonyl (C=O) groups is 3. The third-order valence-electron chi connectivity index (χ3n) is 3.66. The Kier molecular flexibility index (Phi) is 3.62. The van der Waals surface area contributed by atoms with E-state index in [-0.39, 0.29) is 11.8 Å². The van der Waals surface area contributed by atoms with Gasteiger partial charge in [-0.1, -0.05) is 6.07 Å². The number of nitrogens with zero attached hydrogens (tertiary/aromatic N) is 1. The summed E-state index contributed by atoms with van der Waals surface area (Å²) >= 11 is 0. The maximum Gasteiger partial charge on any atom is 0.254 e. The van der Waals surface area contributed by atoms with Crippen LogP contribution in [0.15, 0.2) is 18.2 Å². The first-order valence-electron chi connectivity index (χ1n) is 7.14. The van der Waals surface area contributed by atoms with Gasteiger partial charge in [0.1, 0.15) is 17.4 Å². The summed E-state index contributed by atoms with van der Waals surface area (Å²) in [6.07, 6.45) is 1.30. The Balaban J connectivity index is 1.84. The van der Waals surface area contributed by atoms with E-state index in [1.54, 1.807) is 12.1 Å². The van der Waals surface area contributed by atoms with Crippen LogP contribution < -0.4 is 10.6 Å². The van der Waals surface area contributed by atoms with Gasteiger partial charge in [-0.05, 0) is 31.9 Å². The Morgan fingerprint density at radius 1 is 1.36 bits per heavy atom. The molecule has 0 aliphatic carbocycles. The van der Waals surface area contributed by atoms with E-state index >= 15 is 0 Å². The third kappa shape index (κ3) is 2.69. The van der Waals surface area contributed by atoms with Gasteiger partial charge in [0.05, 0.1) is 11.1 Å². The number of imidazole rings is 1. The summed E-state index contributed by atoms with van der Waals surface area (Å²) in [5, 5.41) is 4.97. The first-order chi connectivity index (χ1) is 10.5. The molecule has 1 atom stereocenters. The van der Waals surface area contributed by atoms with Crippen molar-refractivity contribution in [2.45, 2.75) is 32.2 Å². The molecule has 0 saturated carbocycles. The smallest absolute Gasteiger partial charge is 0.254 e. The predicted molar refractivity (Wildman–Crippen MR) is 79.1 cm³/mol. The SMILES string of the molecule is Cc1nc2c(C(=O)NC3CCCC(=O)NC3=O)cccc2[nH]1. The van der Waals surface area contributed by atoms with Gasteiger partial charge >= 0.3 is 0 Å². The number of imide groups is 1. The lowest BCUT2D eigenvalue weighted by Gasteiger charge is -2.14. The Morgan fingerprint density at radius 2 is 2.18 bits per heavy atom. The van der Waals surface area contributed by atoms with E-state index in [0.717, 1.165) is 5.52 Å². The molecule has 2 heterocycles. The molecule has 3 N–H and O–H groups in total. The Morgan fingerprint density at radius 3 is 3.00 bits per heavy atom. The number of carbonyl (C=O) groups excluding carboxylic acids is 3. The van der Waals surface area contributed by atoms with Gasteiger partial charge in [0.25, 0.3) is 5.91 Å². The fourth-order valence-electron chi connectivity index (χ4n) is 2.60. The highest BCUT2D eigenvalue weighted by Crippen LogP contribution is 2.17. The number of benzene rings is 1. The number of para-hydroxylation sites is 1. The fourth-order valence-corrected chi connectivity index (χ4v) is 2.60. The van der Waals surface area contributed by atoms with Crippen LogP contribution in [0.4, 0.5) is 0 Å². The Hall–Kier alpha value is -2.70. The molecule has 1 aromatic carbocycles. The van der Waals surface area contributed by atoms with Crippen LogP contribution in [-0.2, 0) is 9.59 Å². The lowest BCUT2D eigenvalue weighted by molar-refractivity contribution is -0.130. The average molecular weight is 300 g/mol. The van der Waals surface area contributed by atoms with Crippen molar-refractivity contribution in [3.8, 4) is 0 Å². The minimum absolute atomic E-state index is 0.298. The van der Waals surface area contributed by atoms with Crippen LogP contribution in [0.25, 0.3) is 11.0 Å². The van der Waals surface area contributed by atoms with Gasteiger partial charge < -0.3 is 10.3 Å². The molecule has 1 aliphatic rings. The Bertz CT molecular complexity index is 765. The van der Waals surface area contributed by atoms with Crippen molar-refractivity contribution in [2.75, 3.05) is 0 Å². The van der Waals surface area contributed by atoms with Crippen LogP contribution in [0, 0.1) is 6.92 Å². The first kappa shape index (κ1) is 14.2. The normalized spacial score (nSPS) is 18.9. The quantitative estimate of drug-likeness (QED) is 0.713. The van der Waals surface area contributed by atoms with Crippen LogP contribution in [0.3, 0.4) is 0 Å². The summed E-state index contributed by atoms with van der Waals surface area (Å²) in [4.78, 5) is 43.0. The highest BCUT2D eigenvalue weighted by Gasteiger charge is 2.26. The van der Waals surface area contributed by atoms with Crippen LogP contribution in [-0.4, -0.2) is 33.7 Å². The van der Waals surface area contributed by atoms with Crippen molar-refractivity contribution >= 4 is 28.8 Å². The van der Waals surface area contributed by atoms with Crippen molar-refractivity contribution in [1.29, 1.82) is 0 Å². The minimum atomic E-state index is -0.700. The molecule has 114 valence electrons. The number of amides is 3. The molecule has 7 heteroatoms. The average Bonchev–Trinajstić information content (AvgIpc) is 2.77. The predicted octanol–water partition coefficient (Wildman–Crippen LogP) is 0.796. The second-order valence-electron chi connectivity index (χ2n) is 5.35. The van der Waals surface area contributed by atoms with Gasteiger partial charge in [0.2, 0.25) is 11.8 Å². The standard InChI is InChI=1S/C15H16N4O3/c1-8-16-10-5-2-4-9(13(10)17-8)14(21)18-11-6-3-7-12(20)19-15(11)22/h2,4-5,11H,3,6-7H2,1H3,(H,16,17)(H,18,21)(H,19,20,22). The lowest BCUT2D eigenvalue weighted by atomic mass is 10.1. The van der Waals surface area contributed by atoms with E-state index in [0.29, 0.717) is 36.2 Å². The zero-order valence-electron chi connectivity index (χ0n) is 12.1. The molecule has 1 aromatic heterocycles. The number of H-pyrrole nitrogens is 1. The van der Waals surface area contributed by atoms with Crippen molar-refractivity contribution < 1.29 is 14.4 Å². The second kappa shape index (κ2) is 5.59. The summed E-state index contributed by atoms with van der Waals surface area (Å²) in [7, 11) is 0. The molecule has 2 aromatic rings. The number of fused-ring (bicyclic) bond motifs is 1. The van der Waals surface area contributed by atoms with Crippen LogP contribution in [0.1, 0.15) is 35.4 Å². The van der Waals surface area contributed by atoms with Gasteiger partial charge in [-0.2, -0.15) is 0 Å². The second-order valence-corrected chi connectivity index (χ2v) is 5.35. The lowest BCUT2D eigenvalue weighted by Crippen LogP contribution is -2.46. The van der Waals surface area contributed by atoms with Crippen LogP contribution in [0.2, 0.25) is 0 Å². The van der Waals surface area contributed by atoms with Gasteiger partial charge in [-0.25, -0.2) is 4.98 Å². The molecule has 1 fully saturated rings. The highest BCUT2D eigenvalue weighted by atomic mass is 16.2. The van der Waals surface area contributed by atoms with Crippen LogP contribution in [0.5, 0.6) is 0 Å². The number of hydrogen-bond acceptors (Lipinski definition) is 4. The molecule has 3 rings (SSSR count). The summed E-state index contributed by atoms with van der Waals surface area (Å²) < 4.78 is 0. The highest BCUT2D eigenvalue weighted by molar-refractivity contribution is 6.07. The van der Waals surface area contributed by atoms with Gasteiger partial charge in [-0.3, -0.25) is 19.7 Å². The number of aromatic amines is 1.